The Bertz CT molecular complexity index is 1530. The molecule has 3 fully saturated rings. The molecule has 3 N–H and O–H groups in total. The lowest BCUT2D eigenvalue weighted by Gasteiger charge is -2.41. The number of hydrogen-bond donors (Lipinski definition) is 2. The van der Waals surface area contributed by atoms with Crippen LogP contribution in [0, 0.1) is 5.92 Å². The molecule has 41 heavy (non-hydrogen) atoms. The topological polar surface area (TPSA) is 110 Å². The third-order valence-electron chi connectivity index (χ3n) is 8.97. The Morgan fingerprint density at radius 2 is 1.73 bits per heavy atom. The maximum Gasteiger partial charge on any atom is 0.298 e. The lowest BCUT2D eigenvalue weighted by atomic mass is 9.95. The number of nitrogens with zero attached hydrogens (tertiary/aromatic N) is 3. The largest absolute Gasteiger partial charge is 0.335 e. The van der Waals surface area contributed by atoms with Gasteiger partial charge in [0.1, 0.15) is 0 Å². The van der Waals surface area contributed by atoms with E-state index in [0.29, 0.717) is 41.5 Å². The van der Waals surface area contributed by atoms with E-state index < -0.39 is 33.5 Å². The van der Waals surface area contributed by atoms with E-state index in [1.165, 1.54) is 54.1 Å². The summed E-state index contributed by atoms with van der Waals surface area (Å²) in [6.45, 7) is 0.756. The van der Waals surface area contributed by atoms with Gasteiger partial charge in [0, 0.05) is 40.1 Å². The van der Waals surface area contributed by atoms with Crippen LogP contribution in [0.15, 0.2) is 58.0 Å². The van der Waals surface area contributed by atoms with E-state index in [2.05, 4.69) is 25.8 Å². The molecule has 1 amide bonds. The zero-order valence-electron chi connectivity index (χ0n) is 22.6. The molecule has 2 aliphatic heterocycles. The summed E-state index contributed by atoms with van der Waals surface area (Å²) in [4.78, 5) is 15.2. The lowest BCUT2D eigenvalue weighted by Crippen LogP contribution is -2.60. The number of carbonyl (C=O) groups is 1. The van der Waals surface area contributed by atoms with E-state index in [1.807, 2.05) is 4.68 Å². The van der Waals surface area contributed by atoms with Crippen LogP contribution in [0.5, 0.6) is 0 Å². The molecule has 8 nitrogen and oxygen atoms in total. The van der Waals surface area contributed by atoms with Gasteiger partial charge in [0.2, 0.25) is 15.9 Å². The van der Waals surface area contributed by atoms with Gasteiger partial charge in [0.25, 0.3) is 5.92 Å². The number of fused-ring (bicyclic) bond motifs is 3. The molecule has 2 unspecified atom stereocenters. The highest BCUT2D eigenvalue weighted by atomic mass is 79.9. The van der Waals surface area contributed by atoms with Crippen molar-refractivity contribution in [2.24, 2.45) is 11.7 Å². The number of benzene rings is 2. The average Bonchev–Trinajstić information content (AvgIpc) is 3.66. The summed E-state index contributed by atoms with van der Waals surface area (Å²) in [7, 11) is -4.52. The minimum absolute atomic E-state index is 0.111. The van der Waals surface area contributed by atoms with Crippen molar-refractivity contribution in [1.29, 1.82) is 0 Å². The molecule has 0 radical (unpaired) electrons. The first-order valence-electron chi connectivity index (χ1n) is 14.2. The SMILES string of the molecule is NC1CC2CCC(C1)N2C(=O)[C@@H](NS(=O)(=O)c1ccc2c(cnn2CC2CCCC2)c1)C(F)(F)c1ccc(Br)cc1. The maximum atomic E-state index is 16.2. The molecule has 2 bridgehead atoms. The number of amides is 1. The smallest absolute Gasteiger partial charge is 0.298 e. The first kappa shape index (κ1) is 28.7. The van der Waals surface area contributed by atoms with Crippen LogP contribution in [0.3, 0.4) is 0 Å². The quantitative estimate of drug-likeness (QED) is 0.360. The van der Waals surface area contributed by atoms with Gasteiger partial charge in [-0.05, 0) is 74.8 Å². The van der Waals surface area contributed by atoms with Crippen LogP contribution in [-0.2, 0) is 27.3 Å². The highest BCUT2D eigenvalue weighted by molar-refractivity contribution is 9.10. The fourth-order valence-corrected chi connectivity index (χ4v) is 8.37. The number of nitrogens with one attached hydrogen (secondary N) is 1. The normalized spacial score (nSPS) is 24.3. The van der Waals surface area contributed by atoms with E-state index in [-0.39, 0.29) is 23.0 Å². The van der Waals surface area contributed by atoms with Crippen LogP contribution in [0.1, 0.15) is 56.9 Å². The molecule has 220 valence electrons. The number of sulfonamides is 1. The van der Waals surface area contributed by atoms with Gasteiger partial charge in [-0.3, -0.25) is 9.48 Å². The van der Waals surface area contributed by atoms with Gasteiger partial charge in [-0.2, -0.15) is 18.6 Å². The minimum atomic E-state index is -4.52. The Morgan fingerprint density at radius 1 is 1.07 bits per heavy atom. The number of hydrogen-bond acceptors (Lipinski definition) is 5. The maximum absolute atomic E-state index is 16.2. The molecule has 3 heterocycles. The third-order valence-corrected chi connectivity index (χ3v) is 10.9. The first-order valence-corrected chi connectivity index (χ1v) is 16.5. The van der Waals surface area contributed by atoms with Crippen LogP contribution in [0.25, 0.3) is 10.9 Å². The summed E-state index contributed by atoms with van der Waals surface area (Å²) in [5, 5.41) is 5.05. The summed E-state index contributed by atoms with van der Waals surface area (Å²) < 4.78 is 64.3. The third kappa shape index (κ3) is 5.55. The fourth-order valence-electron chi connectivity index (χ4n) is 6.88. The van der Waals surface area contributed by atoms with Gasteiger partial charge in [-0.15, -0.1) is 0 Å². The lowest BCUT2D eigenvalue weighted by molar-refractivity contribution is -0.149. The highest BCUT2D eigenvalue weighted by Crippen LogP contribution is 2.40. The molecular weight excluding hydrogens is 616 g/mol. The zero-order chi connectivity index (χ0) is 28.9. The van der Waals surface area contributed by atoms with Gasteiger partial charge in [0.05, 0.1) is 16.6 Å². The average molecular weight is 651 g/mol. The highest BCUT2D eigenvalue weighted by Gasteiger charge is 2.53. The molecule has 1 saturated carbocycles. The van der Waals surface area contributed by atoms with E-state index in [9.17, 15) is 13.2 Å². The number of carbonyl (C=O) groups excluding carboxylic acids is 1. The van der Waals surface area contributed by atoms with Crippen molar-refractivity contribution in [3.05, 3.63) is 58.7 Å². The fraction of sp³-hybridized carbons (Fsp3) is 0.517. The van der Waals surface area contributed by atoms with Gasteiger partial charge in [-0.1, -0.05) is 40.9 Å². The number of halogens is 3. The Labute approximate surface area is 246 Å². The molecular formula is C29H34BrF2N5O3S. The number of nitrogens with two attached hydrogens (primary N) is 1. The standard InChI is InChI=1S/C29H34BrF2N5O3S/c30-21-7-5-20(6-8-21)29(31,32)27(28(38)37-23-9-10-24(37)15-22(33)14-23)35-41(39,40)25-11-12-26-19(13-25)16-34-36(26)17-18-3-1-2-4-18/h5-8,11-13,16,18,22-24,27,35H,1-4,9-10,14-15,17,33H2/t22?,23?,24?,27-/m1/s1. The van der Waals surface area contributed by atoms with Gasteiger partial charge in [0.15, 0.2) is 6.04 Å². The Hall–Kier alpha value is -2.41. The van der Waals surface area contributed by atoms with Crippen molar-refractivity contribution in [3.63, 3.8) is 0 Å². The van der Waals surface area contributed by atoms with Crippen LogP contribution >= 0.6 is 15.9 Å². The molecule has 2 aromatic carbocycles. The second kappa shape index (κ2) is 11.0. The first-order chi connectivity index (χ1) is 19.5. The van der Waals surface area contributed by atoms with Gasteiger partial charge < -0.3 is 10.6 Å². The second-order valence-electron chi connectivity index (χ2n) is 11.7. The summed E-state index contributed by atoms with van der Waals surface area (Å²) in [6.07, 6.45) is 8.62. The molecule has 6 rings (SSSR count). The van der Waals surface area contributed by atoms with Crippen LogP contribution in [0.2, 0.25) is 0 Å². The summed E-state index contributed by atoms with van der Waals surface area (Å²) in [5.41, 5.74) is 6.48. The van der Waals surface area contributed by atoms with E-state index in [1.54, 1.807) is 12.3 Å². The predicted octanol–water partition coefficient (Wildman–Crippen LogP) is 4.91. The number of alkyl halides is 2. The zero-order valence-corrected chi connectivity index (χ0v) is 25.0. The van der Waals surface area contributed by atoms with Crippen molar-refractivity contribution in [2.45, 2.75) is 92.9 Å². The molecule has 3 aliphatic rings. The van der Waals surface area contributed by atoms with Crippen LogP contribution in [-0.4, -0.2) is 53.2 Å². The molecule has 2 saturated heterocycles. The predicted molar refractivity (Wildman–Crippen MR) is 155 cm³/mol. The molecule has 3 atom stereocenters. The van der Waals surface area contributed by atoms with Crippen molar-refractivity contribution >= 4 is 42.8 Å². The second-order valence-corrected chi connectivity index (χ2v) is 14.4. The monoisotopic (exact) mass is 649 g/mol. The Balaban J connectivity index is 1.32. The number of piperidine rings is 1. The molecule has 3 aromatic rings. The van der Waals surface area contributed by atoms with Crippen molar-refractivity contribution < 1.29 is 22.0 Å². The van der Waals surface area contributed by atoms with E-state index in [4.69, 9.17) is 5.73 Å². The Kier molecular flexibility index (Phi) is 7.71. The van der Waals surface area contributed by atoms with Gasteiger partial charge in [-0.25, -0.2) is 8.42 Å². The van der Waals surface area contributed by atoms with E-state index >= 15 is 8.78 Å². The Morgan fingerprint density at radius 3 is 2.39 bits per heavy atom. The van der Waals surface area contributed by atoms with Crippen LogP contribution < -0.4 is 10.5 Å². The van der Waals surface area contributed by atoms with Gasteiger partial charge >= 0.3 is 0 Å². The summed E-state index contributed by atoms with van der Waals surface area (Å²) in [6, 6.07) is 6.75. The summed E-state index contributed by atoms with van der Waals surface area (Å²) >= 11 is 3.25. The van der Waals surface area contributed by atoms with E-state index in [0.717, 1.165) is 24.9 Å². The number of rotatable bonds is 8. The number of aromatic nitrogens is 2. The molecule has 1 aromatic heterocycles. The molecule has 1 aliphatic carbocycles. The van der Waals surface area contributed by atoms with Crippen molar-refractivity contribution in [1.82, 2.24) is 19.4 Å². The molecule has 0 spiro atoms. The molecule has 12 heteroatoms. The minimum Gasteiger partial charge on any atom is -0.335 e. The van der Waals surface area contributed by atoms with Crippen LogP contribution in [0.4, 0.5) is 8.78 Å². The van der Waals surface area contributed by atoms with Crippen molar-refractivity contribution in [3.8, 4) is 0 Å². The summed E-state index contributed by atoms with van der Waals surface area (Å²) in [5.74, 6) is -4.21. The van der Waals surface area contributed by atoms with Crippen molar-refractivity contribution in [2.75, 3.05) is 0 Å².